The summed E-state index contributed by atoms with van der Waals surface area (Å²) in [5.74, 6) is 2.23. The van der Waals surface area contributed by atoms with Crippen LogP contribution >= 0.6 is 0 Å². The van der Waals surface area contributed by atoms with Crippen LogP contribution in [0, 0.1) is 0 Å². The van der Waals surface area contributed by atoms with E-state index in [-0.39, 0.29) is 5.56 Å². The van der Waals surface area contributed by atoms with Crippen molar-refractivity contribution >= 4 is 0 Å². The highest BCUT2D eigenvalue weighted by Gasteiger charge is 2.22. The zero-order valence-corrected chi connectivity index (χ0v) is 15.2. The third kappa shape index (κ3) is 4.24. The van der Waals surface area contributed by atoms with Gasteiger partial charge in [0.25, 0.3) is 5.56 Å². The maximum atomic E-state index is 12.1. The van der Waals surface area contributed by atoms with Gasteiger partial charge in [0.1, 0.15) is 18.2 Å². The van der Waals surface area contributed by atoms with Crippen molar-refractivity contribution in [2.45, 2.75) is 51.2 Å². The topological polar surface area (TPSA) is 85.7 Å². The molecule has 1 saturated carbocycles. The van der Waals surface area contributed by atoms with Crippen LogP contribution in [0.1, 0.15) is 55.4 Å². The Bertz CT molecular complexity index is 929. The van der Waals surface area contributed by atoms with Gasteiger partial charge in [-0.15, -0.1) is 0 Å². The first-order valence-corrected chi connectivity index (χ1v) is 9.43. The minimum Gasteiger partial charge on any atom is -0.486 e. The van der Waals surface area contributed by atoms with Crippen LogP contribution < -0.4 is 10.3 Å². The molecule has 0 spiro atoms. The summed E-state index contributed by atoms with van der Waals surface area (Å²) in [6.45, 7) is 0.306. The Morgan fingerprint density at radius 2 is 1.96 bits per heavy atom. The molecule has 1 aliphatic rings. The lowest BCUT2D eigenvalue weighted by Crippen LogP contribution is -2.19. The maximum absolute atomic E-state index is 12.1. The van der Waals surface area contributed by atoms with E-state index in [0.717, 1.165) is 24.4 Å². The van der Waals surface area contributed by atoms with Gasteiger partial charge in [0.05, 0.1) is 12.4 Å². The predicted molar refractivity (Wildman–Crippen MR) is 101 cm³/mol. The van der Waals surface area contributed by atoms with Crippen LogP contribution in [0.5, 0.6) is 5.75 Å². The Kier molecular flexibility index (Phi) is 5.27. The number of hydrogen-bond donors (Lipinski definition) is 1. The Balaban J connectivity index is 1.58. The molecule has 1 aromatic carbocycles. The molecule has 0 saturated heterocycles. The largest absolute Gasteiger partial charge is 0.486 e. The quantitative estimate of drug-likeness (QED) is 0.726. The van der Waals surface area contributed by atoms with Crippen LogP contribution in [0.2, 0.25) is 0 Å². The average Bonchev–Trinajstić information content (AvgIpc) is 3.12. The summed E-state index contributed by atoms with van der Waals surface area (Å²) in [4.78, 5) is 23.4. The fourth-order valence-corrected chi connectivity index (χ4v) is 3.54. The van der Waals surface area contributed by atoms with E-state index in [1.54, 1.807) is 6.20 Å². The lowest BCUT2D eigenvalue weighted by atomic mass is 9.95. The Labute approximate surface area is 157 Å². The molecule has 1 N–H and O–H groups in total. The van der Waals surface area contributed by atoms with E-state index in [9.17, 15) is 4.79 Å². The summed E-state index contributed by atoms with van der Waals surface area (Å²) in [7, 11) is 0. The van der Waals surface area contributed by atoms with Crippen molar-refractivity contribution < 1.29 is 4.74 Å². The SMILES string of the molecule is O=c1[nH]cncc1Cc1nc(COc2ccccc2)nn1C1CCCCC1. The summed E-state index contributed by atoms with van der Waals surface area (Å²) in [6.07, 6.45) is 9.28. The number of H-pyrrole nitrogens is 1. The normalized spacial score (nSPS) is 15.0. The van der Waals surface area contributed by atoms with E-state index in [1.165, 1.54) is 25.6 Å². The van der Waals surface area contributed by atoms with Gasteiger partial charge in [-0.2, -0.15) is 5.10 Å². The molecule has 0 radical (unpaired) electrons. The van der Waals surface area contributed by atoms with Crippen LogP contribution in [0.25, 0.3) is 0 Å². The highest BCUT2D eigenvalue weighted by molar-refractivity contribution is 5.21. The molecule has 0 atom stereocenters. The summed E-state index contributed by atoms with van der Waals surface area (Å²) < 4.78 is 7.81. The van der Waals surface area contributed by atoms with E-state index in [4.69, 9.17) is 9.84 Å². The first-order chi connectivity index (χ1) is 13.3. The standard InChI is InChI=1S/C20H23N5O2/c26-20-15(12-21-14-22-20)11-19-23-18(13-27-17-9-5-2-6-10-17)24-25(19)16-7-3-1-4-8-16/h2,5-6,9-10,12,14,16H,1,3-4,7-8,11,13H2,(H,21,22,26). The molecule has 140 valence electrons. The molecule has 2 aromatic heterocycles. The number of nitrogens with zero attached hydrogens (tertiary/aromatic N) is 4. The Morgan fingerprint density at radius 1 is 1.15 bits per heavy atom. The number of benzene rings is 1. The molecule has 0 bridgehead atoms. The fourth-order valence-electron chi connectivity index (χ4n) is 3.54. The molecule has 7 heteroatoms. The molecule has 1 aliphatic carbocycles. The zero-order valence-electron chi connectivity index (χ0n) is 15.2. The van der Waals surface area contributed by atoms with Gasteiger partial charge in [0, 0.05) is 18.2 Å². The number of para-hydroxylation sites is 1. The summed E-state index contributed by atoms with van der Waals surface area (Å²) >= 11 is 0. The summed E-state index contributed by atoms with van der Waals surface area (Å²) in [5.41, 5.74) is 0.461. The smallest absolute Gasteiger partial charge is 0.254 e. The van der Waals surface area contributed by atoms with Crippen LogP contribution in [0.3, 0.4) is 0 Å². The third-order valence-electron chi connectivity index (χ3n) is 4.92. The molecule has 0 aliphatic heterocycles. The second-order valence-electron chi connectivity index (χ2n) is 6.87. The van der Waals surface area contributed by atoms with Crippen LogP contribution in [0.15, 0.2) is 47.7 Å². The van der Waals surface area contributed by atoms with Crippen LogP contribution in [-0.2, 0) is 13.0 Å². The Hall–Kier alpha value is -2.96. The molecule has 3 aromatic rings. The maximum Gasteiger partial charge on any atom is 0.254 e. The van der Waals surface area contributed by atoms with E-state index in [2.05, 4.69) is 15.0 Å². The zero-order chi connectivity index (χ0) is 18.5. The van der Waals surface area contributed by atoms with E-state index >= 15 is 0 Å². The van der Waals surface area contributed by atoms with Gasteiger partial charge in [0.2, 0.25) is 0 Å². The van der Waals surface area contributed by atoms with Crippen molar-refractivity contribution in [2.75, 3.05) is 0 Å². The number of nitrogens with one attached hydrogen (secondary N) is 1. The van der Waals surface area contributed by atoms with Crippen LogP contribution in [0.4, 0.5) is 0 Å². The monoisotopic (exact) mass is 365 g/mol. The van der Waals surface area contributed by atoms with Gasteiger partial charge in [-0.25, -0.2) is 14.6 Å². The van der Waals surface area contributed by atoms with E-state index in [1.807, 2.05) is 35.0 Å². The minimum atomic E-state index is -0.134. The number of ether oxygens (including phenoxy) is 1. The van der Waals surface area contributed by atoms with Gasteiger partial charge in [-0.3, -0.25) is 4.79 Å². The summed E-state index contributed by atoms with van der Waals surface area (Å²) in [6, 6.07) is 9.98. The molecule has 1 fully saturated rings. The molecular weight excluding hydrogens is 342 g/mol. The lowest BCUT2D eigenvalue weighted by molar-refractivity contribution is 0.288. The molecule has 27 heavy (non-hydrogen) atoms. The van der Waals surface area contributed by atoms with E-state index in [0.29, 0.717) is 30.5 Å². The molecule has 0 unspecified atom stereocenters. The minimum absolute atomic E-state index is 0.134. The molecule has 7 nitrogen and oxygen atoms in total. The molecule has 0 amide bonds. The first kappa shape index (κ1) is 17.5. The van der Waals surface area contributed by atoms with Gasteiger partial charge in [0.15, 0.2) is 5.82 Å². The first-order valence-electron chi connectivity index (χ1n) is 9.43. The lowest BCUT2D eigenvalue weighted by Gasteiger charge is -2.23. The van der Waals surface area contributed by atoms with Crippen molar-refractivity contribution in [2.24, 2.45) is 0 Å². The van der Waals surface area contributed by atoms with Crippen LogP contribution in [-0.4, -0.2) is 24.7 Å². The van der Waals surface area contributed by atoms with Crippen molar-refractivity contribution in [3.05, 3.63) is 70.4 Å². The van der Waals surface area contributed by atoms with E-state index < -0.39 is 0 Å². The van der Waals surface area contributed by atoms with Gasteiger partial charge < -0.3 is 9.72 Å². The van der Waals surface area contributed by atoms with Gasteiger partial charge in [-0.05, 0) is 25.0 Å². The number of rotatable bonds is 6. The molecule has 2 heterocycles. The summed E-state index contributed by atoms with van der Waals surface area (Å²) in [5, 5.41) is 4.72. The molecule has 4 rings (SSSR count). The predicted octanol–water partition coefficient (Wildman–Crippen LogP) is 3.04. The second kappa shape index (κ2) is 8.16. The number of aromatic amines is 1. The average molecular weight is 365 g/mol. The van der Waals surface area contributed by atoms with Gasteiger partial charge in [-0.1, -0.05) is 37.5 Å². The van der Waals surface area contributed by atoms with Crippen molar-refractivity contribution in [1.29, 1.82) is 0 Å². The molecular formula is C20H23N5O2. The Morgan fingerprint density at radius 3 is 2.74 bits per heavy atom. The van der Waals surface area contributed by atoms with Crippen molar-refractivity contribution in [1.82, 2.24) is 24.7 Å². The van der Waals surface area contributed by atoms with Crippen molar-refractivity contribution in [3.63, 3.8) is 0 Å². The van der Waals surface area contributed by atoms with Crippen molar-refractivity contribution in [3.8, 4) is 5.75 Å². The second-order valence-corrected chi connectivity index (χ2v) is 6.87. The highest BCUT2D eigenvalue weighted by atomic mass is 16.5. The highest BCUT2D eigenvalue weighted by Crippen LogP contribution is 2.29. The third-order valence-corrected chi connectivity index (χ3v) is 4.92. The number of hydrogen-bond acceptors (Lipinski definition) is 5. The number of aromatic nitrogens is 5. The van der Waals surface area contributed by atoms with Gasteiger partial charge >= 0.3 is 0 Å². The fraction of sp³-hybridized carbons (Fsp3) is 0.400.